The van der Waals surface area contributed by atoms with Gasteiger partial charge in [0, 0.05) is 48.1 Å². The highest BCUT2D eigenvalue weighted by molar-refractivity contribution is 6.02. The summed E-state index contributed by atoms with van der Waals surface area (Å²) in [5.74, 6) is 0.485. The van der Waals surface area contributed by atoms with Crippen LogP contribution in [0.4, 0.5) is 0 Å². The summed E-state index contributed by atoms with van der Waals surface area (Å²) < 4.78 is 9.09. The normalized spacial score (nSPS) is 11.3. The van der Waals surface area contributed by atoms with Crippen LogP contribution in [0, 0.1) is 0 Å². The van der Waals surface area contributed by atoms with Crippen molar-refractivity contribution in [3.05, 3.63) is 73.4 Å². The minimum absolute atomic E-state index is 0.122. The van der Waals surface area contributed by atoms with Crippen molar-refractivity contribution in [3.8, 4) is 39.8 Å². The van der Waals surface area contributed by atoms with E-state index >= 15 is 0 Å². The predicted molar refractivity (Wildman–Crippen MR) is 124 cm³/mol. The van der Waals surface area contributed by atoms with Crippen molar-refractivity contribution in [1.82, 2.24) is 19.1 Å². The molecule has 162 valence electrons. The van der Waals surface area contributed by atoms with Gasteiger partial charge in [-0.2, -0.15) is 0 Å². The van der Waals surface area contributed by atoms with E-state index < -0.39 is 0 Å². The molecule has 0 aliphatic rings. The van der Waals surface area contributed by atoms with Crippen molar-refractivity contribution in [3.63, 3.8) is 0 Å². The number of hydrogen-bond donors (Lipinski definition) is 3. The van der Waals surface area contributed by atoms with Crippen molar-refractivity contribution in [2.45, 2.75) is 19.5 Å². The van der Waals surface area contributed by atoms with E-state index in [9.17, 15) is 10.2 Å². The lowest BCUT2D eigenvalue weighted by Gasteiger charge is -2.13. The average molecular weight is 428 g/mol. The second-order valence-electron chi connectivity index (χ2n) is 7.68. The number of hydrogen-bond acceptors (Lipinski definition) is 4. The second-order valence-corrected chi connectivity index (χ2v) is 7.68. The molecule has 0 fully saturated rings. The van der Waals surface area contributed by atoms with E-state index in [0.29, 0.717) is 12.1 Å². The lowest BCUT2D eigenvalue weighted by Crippen LogP contribution is -2.04. The van der Waals surface area contributed by atoms with Crippen molar-refractivity contribution >= 4 is 10.9 Å². The van der Waals surface area contributed by atoms with E-state index in [-0.39, 0.29) is 11.6 Å². The Morgan fingerprint density at radius 1 is 1.03 bits per heavy atom. The van der Waals surface area contributed by atoms with Crippen molar-refractivity contribution in [2.75, 3.05) is 7.11 Å². The first-order valence-electron chi connectivity index (χ1n) is 10.5. The number of imidazole rings is 1. The smallest absolute Gasteiger partial charge is 0.235 e. The lowest BCUT2D eigenvalue weighted by molar-refractivity contribution is 0.369. The fourth-order valence-corrected chi connectivity index (χ4v) is 4.22. The molecule has 5 rings (SSSR count). The fourth-order valence-electron chi connectivity index (χ4n) is 4.22. The Morgan fingerprint density at radius 2 is 1.84 bits per heavy atom. The fraction of sp³-hybridized carbons (Fsp3) is 0.160. The first-order chi connectivity index (χ1) is 15.7. The molecule has 0 bridgehead atoms. The highest BCUT2D eigenvalue weighted by Gasteiger charge is 2.26. The number of aryl methyl sites for hydroxylation is 1. The zero-order valence-corrected chi connectivity index (χ0v) is 17.7. The maximum Gasteiger partial charge on any atom is 0.235 e. The Bertz CT molecular complexity index is 1350. The van der Waals surface area contributed by atoms with Gasteiger partial charge in [-0.15, -0.1) is 0 Å². The van der Waals surface area contributed by atoms with Gasteiger partial charge >= 0.3 is 0 Å². The number of aromatic amines is 1. The minimum Gasteiger partial charge on any atom is -0.503 e. The zero-order valence-electron chi connectivity index (χ0n) is 17.7. The van der Waals surface area contributed by atoms with Crippen LogP contribution in [0.15, 0.2) is 73.4 Å². The van der Waals surface area contributed by atoms with Gasteiger partial charge in [-0.05, 0) is 42.3 Å². The van der Waals surface area contributed by atoms with E-state index in [1.165, 1.54) is 0 Å². The quantitative estimate of drug-likeness (QED) is 0.340. The van der Waals surface area contributed by atoms with E-state index in [2.05, 4.69) is 9.97 Å². The molecule has 3 heterocycles. The Balaban J connectivity index is 1.64. The summed E-state index contributed by atoms with van der Waals surface area (Å²) in [6, 6.07) is 15.6. The summed E-state index contributed by atoms with van der Waals surface area (Å²) in [6.45, 7) is 1.28. The molecule has 0 radical (unpaired) electrons. The molecule has 0 unspecified atom stereocenters. The third-order valence-corrected chi connectivity index (χ3v) is 5.79. The summed E-state index contributed by atoms with van der Waals surface area (Å²) in [4.78, 5) is 7.35. The monoisotopic (exact) mass is 428 g/mol. The van der Waals surface area contributed by atoms with Crippen LogP contribution in [-0.4, -0.2) is 36.4 Å². The molecule has 0 aliphatic heterocycles. The third-order valence-electron chi connectivity index (χ3n) is 5.79. The lowest BCUT2D eigenvalue weighted by atomic mass is 10.00. The molecule has 0 spiro atoms. The van der Waals surface area contributed by atoms with Crippen molar-refractivity contribution in [1.29, 1.82) is 0 Å². The van der Waals surface area contributed by atoms with Gasteiger partial charge in [0.25, 0.3) is 0 Å². The van der Waals surface area contributed by atoms with Gasteiger partial charge in [-0.3, -0.25) is 0 Å². The highest BCUT2D eigenvalue weighted by Crippen LogP contribution is 2.49. The topological polar surface area (TPSA) is 88.2 Å². The largest absolute Gasteiger partial charge is 0.503 e. The number of aromatic nitrogens is 4. The number of para-hydroxylation sites is 1. The Labute approximate surface area is 185 Å². The number of fused-ring (bicyclic) bond motifs is 1. The van der Waals surface area contributed by atoms with E-state index in [4.69, 9.17) is 4.74 Å². The number of aromatic hydroxyl groups is 2. The van der Waals surface area contributed by atoms with Crippen LogP contribution in [0.2, 0.25) is 0 Å². The van der Waals surface area contributed by atoms with Gasteiger partial charge in [0.1, 0.15) is 5.75 Å². The predicted octanol–water partition coefficient (Wildman–Crippen LogP) is 5.01. The number of H-pyrrole nitrogens is 1. The van der Waals surface area contributed by atoms with Crippen LogP contribution in [0.3, 0.4) is 0 Å². The van der Waals surface area contributed by atoms with Crippen LogP contribution in [0.1, 0.15) is 6.42 Å². The molecule has 0 saturated heterocycles. The first kappa shape index (κ1) is 19.8. The van der Waals surface area contributed by atoms with Crippen LogP contribution in [-0.2, 0) is 13.1 Å². The summed E-state index contributed by atoms with van der Waals surface area (Å²) in [5.41, 5.74) is 4.05. The van der Waals surface area contributed by atoms with Crippen molar-refractivity contribution in [2.24, 2.45) is 0 Å². The highest BCUT2D eigenvalue weighted by atomic mass is 16.5. The maximum atomic E-state index is 11.1. The van der Waals surface area contributed by atoms with Gasteiger partial charge in [-0.25, -0.2) is 4.98 Å². The SMILES string of the molecule is COc1ccc(-c2c(-c3c[nH]c4ccccc34)c(O)c(O)n2CCCn2ccnc2)cc1. The van der Waals surface area contributed by atoms with E-state index in [0.717, 1.165) is 46.4 Å². The summed E-state index contributed by atoms with van der Waals surface area (Å²) in [5, 5.41) is 23.0. The molecule has 0 aliphatic carbocycles. The molecule has 7 nitrogen and oxygen atoms in total. The van der Waals surface area contributed by atoms with E-state index in [1.54, 1.807) is 24.2 Å². The Hall–Kier alpha value is -4.13. The molecule has 0 atom stereocenters. The number of benzene rings is 2. The molecule has 32 heavy (non-hydrogen) atoms. The molecule has 7 heteroatoms. The van der Waals surface area contributed by atoms with Crippen molar-refractivity contribution < 1.29 is 14.9 Å². The molecule has 3 N–H and O–H groups in total. The van der Waals surface area contributed by atoms with Gasteiger partial charge in [0.05, 0.1) is 24.7 Å². The maximum absolute atomic E-state index is 11.1. The van der Waals surface area contributed by atoms with Crippen LogP contribution in [0.25, 0.3) is 33.3 Å². The Kier molecular flexibility index (Phi) is 5.07. The molecule has 0 saturated carbocycles. The number of methoxy groups -OCH3 is 1. The Morgan fingerprint density at radius 3 is 2.59 bits per heavy atom. The summed E-state index contributed by atoms with van der Waals surface area (Å²) in [7, 11) is 1.63. The standard InChI is InChI=1S/C25H24N4O3/c1-32-18-9-7-17(8-10-18)23-22(20-15-27-21-6-3-2-5-19(20)21)24(30)25(31)29(23)13-4-12-28-14-11-26-16-28/h2-3,5-11,14-16,27,30-31H,4,12-13H2,1H3. The third kappa shape index (κ3) is 3.37. The van der Waals surface area contributed by atoms with Crippen LogP contribution < -0.4 is 4.74 Å². The number of rotatable bonds is 7. The average Bonchev–Trinajstić information content (AvgIpc) is 3.55. The van der Waals surface area contributed by atoms with Gasteiger partial charge in [0.2, 0.25) is 5.88 Å². The van der Waals surface area contributed by atoms with Gasteiger partial charge in [0.15, 0.2) is 5.75 Å². The zero-order chi connectivity index (χ0) is 22.1. The molecular weight excluding hydrogens is 404 g/mol. The summed E-state index contributed by atoms with van der Waals surface area (Å²) in [6.07, 6.45) is 8.07. The number of nitrogens with one attached hydrogen (secondary N) is 1. The van der Waals surface area contributed by atoms with Crippen LogP contribution in [0.5, 0.6) is 17.4 Å². The second kappa shape index (κ2) is 8.19. The molecule has 0 amide bonds. The number of nitrogens with zero attached hydrogens (tertiary/aromatic N) is 3. The van der Waals surface area contributed by atoms with Gasteiger partial charge < -0.3 is 29.1 Å². The molecular formula is C25H24N4O3. The van der Waals surface area contributed by atoms with E-state index in [1.807, 2.05) is 65.5 Å². The first-order valence-corrected chi connectivity index (χ1v) is 10.5. The van der Waals surface area contributed by atoms with Gasteiger partial charge in [-0.1, -0.05) is 18.2 Å². The minimum atomic E-state index is -0.137. The summed E-state index contributed by atoms with van der Waals surface area (Å²) >= 11 is 0. The van der Waals surface area contributed by atoms with Crippen LogP contribution >= 0.6 is 0 Å². The molecule has 5 aromatic rings. The number of ether oxygens (including phenoxy) is 1. The molecule has 2 aromatic carbocycles. The molecule has 3 aromatic heterocycles.